The summed E-state index contributed by atoms with van der Waals surface area (Å²) in [4.78, 5) is 2.61. The van der Waals surface area contributed by atoms with E-state index < -0.39 is 29.2 Å². The molecule has 298 valence electrons. The normalized spacial score (nSPS) is 21.6. The van der Waals surface area contributed by atoms with Crippen LogP contribution in [0.1, 0.15) is 73.6 Å². The fourth-order valence-corrected chi connectivity index (χ4v) is 9.72. The second kappa shape index (κ2) is 16.1. The number of thiocarbonyl (C=S) groups is 2. The van der Waals surface area contributed by atoms with E-state index in [0.29, 0.717) is 23.7 Å². The zero-order valence-corrected chi connectivity index (χ0v) is 32.7. The van der Waals surface area contributed by atoms with Gasteiger partial charge >= 0.3 is 12.4 Å². The molecule has 4 atom stereocenters. The minimum Gasteiger partial charge on any atom is -0.358 e. The fourth-order valence-electron chi connectivity index (χ4n) is 9.15. The smallest absolute Gasteiger partial charge is 0.358 e. The van der Waals surface area contributed by atoms with Gasteiger partial charge in [0.25, 0.3) is 0 Å². The zero-order chi connectivity index (χ0) is 39.9. The van der Waals surface area contributed by atoms with Gasteiger partial charge in [0.2, 0.25) is 0 Å². The van der Waals surface area contributed by atoms with Crippen LogP contribution in [0.2, 0.25) is 0 Å². The van der Waals surface area contributed by atoms with Gasteiger partial charge in [-0.1, -0.05) is 98.5 Å². The molecule has 2 aliphatic carbocycles. The molecule has 57 heavy (non-hydrogen) atoms. The first-order chi connectivity index (χ1) is 27.3. The van der Waals surface area contributed by atoms with Gasteiger partial charge < -0.3 is 21.3 Å². The van der Waals surface area contributed by atoms with Crippen molar-refractivity contribution in [3.05, 3.63) is 113 Å². The number of rotatable bonds is 5. The lowest BCUT2D eigenvalue weighted by atomic mass is 9.88. The van der Waals surface area contributed by atoms with Gasteiger partial charge in [-0.15, -0.1) is 0 Å². The maximum Gasteiger partial charge on any atom is 0.416 e. The highest BCUT2D eigenvalue weighted by molar-refractivity contribution is 7.80. The van der Waals surface area contributed by atoms with Crippen LogP contribution in [0.25, 0.3) is 32.7 Å². The molecular formula is C44H43F6N5S2. The minimum absolute atomic E-state index is 0.0605. The Bertz CT molecular complexity index is 2190. The Morgan fingerprint density at radius 1 is 0.544 bits per heavy atom. The Kier molecular flexibility index (Phi) is 11.1. The van der Waals surface area contributed by atoms with Crippen molar-refractivity contribution in [2.24, 2.45) is 0 Å². The summed E-state index contributed by atoms with van der Waals surface area (Å²) in [6.45, 7) is 1.59. The maximum absolute atomic E-state index is 13.5. The van der Waals surface area contributed by atoms with Gasteiger partial charge in [-0.25, -0.2) is 0 Å². The molecule has 4 N–H and O–H groups in total. The Labute approximate surface area is 338 Å². The van der Waals surface area contributed by atoms with Gasteiger partial charge in [-0.05, 0) is 112 Å². The molecule has 3 aliphatic rings. The van der Waals surface area contributed by atoms with Crippen LogP contribution in [0.5, 0.6) is 0 Å². The third-order valence-corrected chi connectivity index (χ3v) is 12.2. The molecule has 0 bridgehead atoms. The summed E-state index contributed by atoms with van der Waals surface area (Å²) in [5, 5.41) is 18.3. The average Bonchev–Trinajstić information content (AvgIpc) is 3.35. The third-order valence-electron chi connectivity index (χ3n) is 11.8. The monoisotopic (exact) mass is 819 g/mol. The second-order valence-corrected chi connectivity index (χ2v) is 16.3. The van der Waals surface area contributed by atoms with Crippen LogP contribution in [-0.4, -0.2) is 39.3 Å². The van der Waals surface area contributed by atoms with E-state index in [1.165, 1.54) is 43.8 Å². The first kappa shape index (κ1) is 39.4. The van der Waals surface area contributed by atoms with Crippen LogP contribution >= 0.6 is 24.4 Å². The number of hydrogen-bond acceptors (Lipinski definition) is 3. The molecule has 1 heterocycles. The van der Waals surface area contributed by atoms with Crippen molar-refractivity contribution in [1.82, 2.24) is 20.9 Å². The molecule has 13 heteroatoms. The summed E-state index contributed by atoms with van der Waals surface area (Å²) in [5.74, 6) is 0. The molecule has 2 saturated carbocycles. The quantitative estimate of drug-likeness (QED) is 0.104. The highest BCUT2D eigenvalue weighted by Crippen LogP contribution is 2.43. The number of anilines is 1. The highest BCUT2D eigenvalue weighted by Gasteiger charge is 2.38. The van der Waals surface area contributed by atoms with Crippen LogP contribution in [0, 0.1) is 0 Å². The number of benzene rings is 5. The summed E-state index contributed by atoms with van der Waals surface area (Å²) in [6, 6.07) is 27.5. The Morgan fingerprint density at radius 2 is 1.00 bits per heavy atom. The van der Waals surface area contributed by atoms with Gasteiger partial charge in [-0.3, -0.25) is 4.90 Å². The highest BCUT2D eigenvalue weighted by atomic mass is 32.1. The minimum atomic E-state index is -4.96. The fraction of sp³-hybridized carbons (Fsp3) is 0.364. The number of halogens is 6. The second-order valence-electron chi connectivity index (χ2n) is 15.5. The summed E-state index contributed by atoms with van der Waals surface area (Å²) < 4.78 is 80.9. The van der Waals surface area contributed by atoms with Gasteiger partial charge in [0.1, 0.15) is 0 Å². The summed E-state index contributed by atoms with van der Waals surface area (Å²) in [6.07, 6.45) is -2.48. The van der Waals surface area contributed by atoms with Crippen LogP contribution in [0.4, 0.5) is 32.0 Å². The van der Waals surface area contributed by atoms with E-state index in [2.05, 4.69) is 99.0 Å². The number of fused-ring (bicyclic) bond motifs is 7. The van der Waals surface area contributed by atoms with Gasteiger partial charge in [0, 0.05) is 42.9 Å². The van der Waals surface area contributed by atoms with E-state index in [1.807, 2.05) is 0 Å². The van der Waals surface area contributed by atoms with Crippen molar-refractivity contribution in [3.8, 4) is 11.1 Å². The van der Waals surface area contributed by atoms with Crippen LogP contribution < -0.4 is 21.3 Å². The Balaban J connectivity index is 0.988. The lowest BCUT2D eigenvalue weighted by Crippen LogP contribution is -2.59. The van der Waals surface area contributed by atoms with Crippen molar-refractivity contribution in [3.63, 3.8) is 0 Å². The molecule has 0 unspecified atom stereocenters. The molecule has 0 saturated heterocycles. The molecule has 1 aliphatic heterocycles. The van der Waals surface area contributed by atoms with Crippen LogP contribution in [0.15, 0.2) is 91.0 Å². The molecule has 0 radical (unpaired) electrons. The van der Waals surface area contributed by atoms with Crippen molar-refractivity contribution in [2.45, 2.75) is 101 Å². The summed E-state index contributed by atoms with van der Waals surface area (Å²) >= 11 is 11.4. The summed E-state index contributed by atoms with van der Waals surface area (Å²) in [7, 11) is 0. The molecule has 0 aromatic heterocycles. The van der Waals surface area contributed by atoms with Crippen molar-refractivity contribution < 1.29 is 26.3 Å². The first-order valence-electron chi connectivity index (χ1n) is 19.5. The predicted molar refractivity (Wildman–Crippen MR) is 223 cm³/mol. The average molecular weight is 820 g/mol. The number of alkyl halides is 6. The van der Waals surface area contributed by atoms with E-state index in [9.17, 15) is 26.3 Å². The summed E-state index contributed by atoms with van der Waals surface area (Å²) in [5.41, 5.74) is 1.99. The maximum atomic E-state index is 13.5. The Morgan fingerprint density at radius 3 is 1.53 bits per heavy atom. The lowest BCUT2D eigenvalue weighted by molar-refractivity contribution is -0.143. The van der Waals surface area contributed by atoms with Gasteiger partial charge in [0.15, 0.2) is 10.2 Å². The van der Waals surface area contributed by atoms with Crippen molar-refractivity contribution in [1.29, 1.82) is 0 Å². The lowest BCUT2D eigenvalue weighted by Gasteiger charge is -2.41. The van der Waals surface area contributed by atoms with Crippen molar-refractivity contribution >= 4 is 61.9 Å². The molecule has 8 rings (SSSR count). The molecule has 0 amide bonds. The van der Waals surface area contributed by atoms with E-state index >= 15 is 0 Å². The number of nitrogens with zero attached hydrogens (tertiary/aromatic N) is 1. The Hall–Kier alpha value is -4.46. The molecule has 2 fully saturated rings. The van der Waals surface area contributed by atoms with E-state index in [1.54, 1.807) is 0 Å². The van der Waals surface area contributed by atoms with Gasteiger partial charge in [-0.2, -0.15) is 26.3 Å². The van der Waals surface area contributed by atoms with E-state index in [-0.39, 0.29) is 35.3 Å². The SMILES string of the molecule is FC(F)(F)c1cc(NC(=S)N[C@H]2CCCC[C@@H]2NC(=S)N[C@H]2CCCC[C@@H]2N2Cc3ccc4ccccc4c3-c3c(ccc4ccccc34)C2)cc(C(F)(F)F)c1. The predicted octanol–water partition coefficient (Wildman–Crippen LogP) is 11.1. The molecular weight excluding hydrogens is 777 g/mol. The van der Waals surface area contributed by atoms with Crippen LogP contribution in [-0.2, 0) is 25.4 Å². The molecule has 5 aromatic rings. The first-order valence-corrected chi connectivity index (χ1v) is 20.3. The molecule has 5 nitrogen and oxygen atoms in total. The topological polar surface area (TPSA) is 51.4 Å². The largest absolute Gasteiger partial charge is 0.416 e. The number of nitrogens with one attached hydrogen (secondary N) is 4. The third kappa shape index (κ3) is 8.56. The standard InChI is InChI=1S/C44H43F6N5S2/c45-43(46,47)30-21-31(44(48,49)50)23-32(22-30)51-41(56)52-35-13-5-6-14-36(35)53-42(57)54-37-15-7-8-16-38(37)55-24-28-19-17-26-9-1-3-11-33(26)39(28)40-29(25-55)20-18-27-10-2-4-12-34(27)40/h1-4,9-12,17-23,35-38H,5-8,13-16,24-25H2,(H2,51,52,56)(H2,53,54,57)/t35-,36-,37-,38-/m0/s1. The number of hydrogen-bond donors (Lipinski definition) is 4. The molecule has 5 aromatic carbocycles. The molecule has 0 spiro atoms. The van der Waals surface area contributed by atoms with Crippen LogP contribution in [0.3, 0.4) is 0 Å². The van der Waals surface area contributed by atoms with E-state index in [4.69, 9.17) is 24.4 Å². The zero-order valence-electron chi connectivity index (χ0n) is 31.1. The van der Waals surface area contributed by atoms with Gasteiger partial charge in [0.05, 0.1) is 11.1 Å². The van der Waals surface area contributed by atoms with E-state index in [0.717, 1.165) is 58.0 Å². The van der Waals surface area contributed by atoms with Crippen molar-refractivity contribution in [2.75, 3.05) is 5.32 Å².